The van der Waals surface area contributed by atoms with Crippen molar-refractivity contribution in [3.05, 3.63) is 24.8 Å². The number of carbonyl (C=O) groups excluding carboxylic acids is 4. The summed E-state index contributed by atoms with van der Waals surface area (Å²) >= 11 is 0. The number of carbonyl (C=O) groups is 4. The minimum Gasteiger partial charge on any atom is -0.464 e. The summed E-state index contributed by atoms with van der Waals surface area (Å²) in [5.41, 5.74) is -2.10. The van der Waals surface area contributed by atoms with Crippen LogP contribution in [0.2, 0.25) is 0 Å². The van der Waals surface area contributed by atoms with Crippen LogP contribution in [-0.2, 0) is 104 Å². The molecular formula is C48H82F18N4O20P2S2V+2. The number of hydrogen-bond donors (Lipinski definition) is 2. The second kappa shape index (κ2) is 37.4. The van der Waals surface area contributed by atoms with Crippen LogP contribution in [0.25, 0.3) is 0 Å². The van der Waals surface area contributed by atoms with Crippen LogP contribution in [0, 0.1) is 16.7 Å². The summed E-state index contributed by atoms with van der Waals surface area (Å²) in [5.74, 6) is -34.2. The molecule has 47 heteroatoms. The minimum atomic E-state index is -7.43. The fourth-order valence-electron chi connectivity index (χ4n) is 6.19. The summed E-state index contributed by atoms with van der Waals surface area (Å²) in [4.78, 5) is 66.4. The molecule has 0 aromatic heterocycles. The van der Waals surface area contributed by atoms with Crippen LogP contribution in [0.15, 0.2) is 24.8 Å². The van der Waals surface area contributed by atoms with Crippen LogP contribution in [0.3, 0.4) is 0 Å². The van der Waals surface area contributed by atoms with E-state index in [0.717, 1.165) is 0 Å². The summed E-state index contributed by atoms with van der Waals surface area (Å²) in [6.45, 7) is 10.5. The number of esters is 4. The van der Waals surface area contributed by atoms with E-state index in [9.17, 15) is 134 Å². The molecule has 0 heterocycles. The van der Waals surface area contributed by atoms with Crippen molar-refractivity contribution in [2.75, 3.05) is 135 Å². The monoisotopic (exact) mass is 1550 g/mol. The van der Waals surface area contributed by atoms with Gasteiger partial charge in [0.05, 0.1) is 66.8 Å². The molecule has 4 atom stereocenters. The zero-order valence-corrected chi connectivity index (χ0v) is 57.8. The fraction of sp³-hybridized carbons (Fsp3) is 0.833. The molecule has 4 unspecified atom stereocenters. The first-order valence-corrected chi connectivity index (χ1v) is 32.0. The fourth-order valence-corrected chi connectivity index (χ4v) is 9.89. The first kappa shape index (κ1) is 100. The van der Waals surface area contributed by atoms with Gasteiger partial charge < -0.3 is 37.7 Å². The van der Waals surface area contributed by atoms with Gasteiger partial charge in [0.2, 0.25) is 0 Å². The molecule has 0 aliphatic rings. The average Bonchev–Trinajstić information content (AvgIpc) is 0.729. The summed E-state index contributed by atoms with van der Waals surface area (Å²) in [6, 6.07) is 0. The van der Waals surface area contributed by atoms with Gasteiger partial charge in [-0.2, -0.15) is 87.6 Å². The van der Waals surface area contributed by atoms with Gasteiger partial charge in [-0.05, 0) is 32.1 Å². The number of phosphoric ester groups is 2. The van der Waals surface area contributed by atoms with Crippen molar-refractivity contribution >= 4 is 59.6 Å². The average molecular weight is 1550 g/mol. The van der Waals surface area contributed by atoms with Gasteiger partial charge in [0, 0.05) is 57.4 Å². The van der Waals surface area contributed by atoms with E-state index in [4.69, 9.17) is 27.8 Å². The van der Waals surface area contributed by atoms with E-state index in [1.165, 1.54) is 20.8 Å². The van der Waals surface area contributed by atoms with Gasteiger partial charge in [-0.15, -0.1) is 0 Å². The van der Waals surface area contributed by atoms with Crippen molar-refractivity contribution < 1.29 is 199 Å². The third kappa shape index (κ3) is 28.7. The topological polar surface area (TPSA) is 291 Å². The molecule has 0 spiro atoms. The molecule has 0 aromatic carbocycles. The second-order valence-corrected chi connectivity index (χ2v) is 29.6. The number of ether oxygens (including phenoxy) is 4. The second-order valence-electron chi connectivity index (χ2n) is 22.5. The van der Waals surface area contributed by atoms with Crippen molar-refractivity contribution in [2.24, 2.45) is 16.7 Å². The van der Waals surface area contributed by atoms with Crippen LogP contribution in [0.4, 0.5) is 79.0 Å². The third-order valence-corrected chi connectivity index (χ3v) is 18.4. The van der Waals surface area contributed by atoms with Crippen molar-refractivity contribution in [1.29, 1.82) is 0 Å². The van der Waals surface area contributed by atoms with Gasteiger partial charge in [-0.25, -0.2) is 35.6 Å². The molecule has 0 aliphatic heterocycles. The first-order chi connectivity index (χ1) is 41.0. The number of rotatable bonds is 38. The zero-order chi connectivity index (χ0) is 74.9. The smallest absolute Gasteiger partial charge is 0.464 e. The van der Waals surface area contributed by atoms with Crippen LogP contribution in [0.5, 0.6) is 0 Å². The molecule has 0 rings (SSSR count). The van der Waals surface area contributed by atoms with Crippen LogP contribution in [0.1, 0.15) is 61.8 Å². The number of quaternary nitrogens is 2. The molecule has 0 aromatic rings. The number of halogens is 18. The SMILES string of the molecule is C.C=C(C)C(=O)OCCOP(=O)(O)OCC[N+](C)(C)C.C=CC(=O)OCCN(C)S(=O)(=O)C(F)(F)C(F)(F)C(F)(F)C(F)(F)F.CCC(C)(C(=O)OCCOP(=O)(O)OCC[N+](C)(C)C)C(C)(C)CC(C)C(=O)OCCN(C)S(=O)(=O)C(F)(F)C(F)(F)C(F)(F)C(F)(F)F.[V]. The minimum absolute atomic E-state index is 0. The predicted octanol–water partition coefficient (Wildman–Crippen LogP) is 9.05. The van der Waals surface area contributed by atoms with Crippen molar-refractivity contribution in [2.45, 2.75) is 108 Å². The van der Waals surface area contributed by atoms with E-state index in [-0.39, 0.29) is 84.9 Å². The standard InChI is InChI=1S/C26H44F9N2O10PS.C11H22NO6P.C10H10F9NO4S.CH4.V/c1-10-22(5,20(39)45-15-16-47-48(40,41)46-14-12-37(7,8)9)21(3,4)17-18(2)19(38)44-13-11-36(6)49(42,43)26(34,35)24(29,30)23(27,28)25(31,32)33;1-10(2)11(13)16-8-9-18-19(14,15)17-7-6-12(3,4)5;1-3-6(21)24-5-4-20(2)25(22,23)10(18,19)8(13,14)7(11,12)9(15,16)17;;/h18H,10-17H2,1-9H3;1,6-9H2,2-5H3;3H,1,4-5H2,2H3;1H4;/p+2. The Bertz CT molecular complexity index is 2840. The Kier molecular flexibility index (Phi) is 39.4. The number of alkyl halides is 18. The summed E-state index contributed by atoms with van der Waals surface area (Å²) in [7, 11) is -10.4. The molecular weight excluding hydrogens is 1470 g/mol. The number of phosphoric acid groups is 2. The van der Waals surface area contributed by atoms with E-state index in [2.05, 4.69) is 22.4 Å². The van der Waals surface area contributed by atoms with Crippen molar-refractivity contribution in [3.8, 4) is 0 Å². The Morgan fingerprint density at radius 1 is 0.558 bits per heavy atom. The van der Waals surface area contributed by atoms with Gasteiger partial charge in [0.1, 0.15) is 52.7 Å². The maximum Gasteiger partial charge on any atom is 0.472 e. The molecule has 2 N–H and O–H groups in total. The number of hydrogen-bond acceptors (Lipinski definition) is 18. The third-order valence-electron chi connectivity index (χ3n) is 12.6. The van der Waals surface area contributed by atoms with E-state index in [1.54, 1.807) is 20.8 Å². The predicted molar refractivity (Wildman–Crippen MR) is 296 cm³/mol. The largest absolute Gasteiger partial charge is 0.472 e. The van der Waals surface area contributed by atoms with Crippen LogP contribution < -0.4 is 0 Å². The molecule has 0 aliphatic carbocycles. The first-order valence-electron chi connectivity index (χ1n) is 26.1. The Morgan fingerprint density at radius 3 is 1.17 bits per heavy atom. The molecule has 95 heavy (non-hydrogen) atoms. The summed E-state index contributed by atoms with van der Waals surface area (Å²) in [5, 5.41) is -13.8. The number of nitrogens with zero attached hydrogens (tertiary/aromatic N) is 4. The molecule has 0 fully saturated rings. The molecule has 565 valence electrons. The van der Waals surface area contributed by atoms with Gasteiger partial charge in [-0.3, -0.25) is 27.7 Å². The number of sulfonamides is 2. The van der Waals surface area contributed by atoms with Crippen molar-refractivity contribution in [1.82, 2.24) is 8.61 Å². The molecule has 0 saturated carbocycles. The van der Waals surface area contributed by atoms with Crippen LogP contribution >= 0.6 is 15.6 Å². The molecule has 24 nitrogen and oxygen atoms in total. The maximum absolute atomic E-state index is 14.1. The van der Waals surface area contributed by atoms with Crippen LogP contribution in [-0.4, -0.2) is 250 Å². The summed E-state index contributed by atoms with van der Waals surface area (Å²) < 4.78 is 341. The Labute approximate surface area is 550 Å². The molecule has 0 amide bonds. The van der Waals surface area contributed by atoms with E-state index in [1.807, 2.05) is 42.3 Å². The molecule has 0 bridgehead atoms. The maximum atomic E-state index is 14.1. The normalized spacial score (nSPS) is 15.7. The summed E-state index contributed by atoms with van der Waals surface area (Å²) in [6.07, 6.45) is -13.8. The molecule has 1 radical (unpaired) electrons. The van der Waals surface area contributed by atoms with E-state index in [0.29, 0.717) is 28.1 Å². The van der Waals surface area contributed by atoms with E-state index < -0.39 is 171 Å². The van der Waals surface area contributed by atoms with Gasteiger partial charge >= 0.3 is 86.1 Å². The van der Waals surface area contributed by atoms with Gasteiger partial charge in [0.15, 0.2) is 0 Å². The molecule has 0 saturated heterocycles. The van der Waals surface area contributed by atoms with Gasteiger partial charge in [0.25, 0.3) is 20.0 Å². The Hall–Kier alpha value is -3.36. The number of likely N-dealkylation sites (N-methyl/N-ethyl adjacent to an activating group) is 4. The van der Waals surface area contributed by atoms with E-state index >= 15 is 0 Å². The van der Waals surface area contributed by atoms with Crippen molar-refractivity contribution in [3.63, 3.8) is 0 Å². The van der Waals surface area contributed by atoms with Gasteiger partial charge in [-0.1, -0.05) is 48.3 Å². The quantitative estimate of drug-likeness (QED) is 0.0111. The Morgan fingerprint density at radius 2 is 0.874 bits per heavy atom. The zero-order valence-electron chi connectivity index (χ0n) is 53.0. The Balaban J connectivity index is -0.000000487.